The Hall–Kier alpha value is -3.47. The second-order valence-corrected chi connectivity index (χ2v) is 10.2. The van der Waals surface area contributed by atoms with Crippen LogP contribution in [0.4, 0.5) is 0 Å². The van der Waals surface area contributed by atoms with E-state index in [0.29, 0.717) is 0 Å². The maximum atomic E-state index is 4.59. The number of pyridine rings is 1. The highest BCUT2D eigenvalue weighted by Crippen LogP contribution is 2.44. The van der Waals surface area contributed by atoms with Crippen molar-refractivity contribution < 1.29 is 0 Å². The zero-order chi connectivity index (χ0) is 21.9. The first-order chi connectivity index (χ1) is 16.3. The fourth-order valence-electron chi connectivity index (χ4n) is 4.91. The zero-order valence-corrected chi connectivity index (χ0v) is 19.9. The molecule has 2 nitrogen and oxygen atoms in total. The summed E-state index contributed by atoms with van der Waals surface area (Å²) in [4.78, 5) is 4.59. The molecule has 4 heteroatoms. The minimum atomic E-state index is 0.983. The lowest BCUT2D eigenvalue weighted by Gasteiger charge is -2.09. The number of halogens is 1. The zero-order valence-electron chi connectivity index (χ0n) is 17.5. The Bertz CT molecular complexity index is 1830. The van der Waals surface area contributed by atoms with Crippen molar-refractivity contribution in [3.05, 3.63) is 108 Å². The number of rotatable bonds is 2. The molecule has 0 spiro atoms. The van der Waals surface area contributed by atoms with Crippen LogP contribution in [0.15, 0.2) is 108 Å². The van der Waals surface area contributed by atoms with E-state index in [1.807, 2.05) is 29.7 Å². The molecule has 0 aliphatic rings. The number of thiophene rings is 1. The molecule has 0 radical (unpaired) electrons. The van der Waals surface area contributed by atoms with Crippen molar-refractivity contribution in [2.75, 3.05) is 0 Å². The van der Waals surface area contributed by atoms with Gasteiger partial charge in [0, 0.05) is 52.9 Å². The summed E-state index contributed by atoms with van der Waals surface area (Å²) < 4.78 is 6.10. The van der Waals surface area contributed by atoms with Crippen LogP contribution in [-0.4, -0.2) is 9.55 Å². The highest BCUT2D eigenvalue weighted by Gasteiger charge is 2.18. The average Bonchev–Trinajstić information content (AvgIpc) is 3.39. The summed E-state index contributed by atoms with van der Waals surface area (Å²) in [7, 11) is 0. The summed E-state index contributed by atoms with van der Waals surface area (Å²) in [6.45, 7) is 0. The molecule has 0 saturated heterocycles. The van der Waals surface area contributed by atoms with Crippen molar-refractivity contribution in [1.29, 1.82) is 0 Å². The van der Waals surface area contributed by atoms with E-state index in [-0.39, 0.29) is 0 Å². The molecule has 0 N–H and O–H groups in total. The summed E-state index contributed by atoms with van der Waals surface area (Å²) >= 11 is 5.54. The standard InChI is InChI=1S/C29H17BrN2S/c30-19-6-5-7-20(17-19)32-24-13-14-27-29(22-8-1-2-10-26(22)33-27)28(24)21-12-11-18(16-25(21)32)23-9-3-4-15-31-23/h1-17H. The molecule has 0 aliphatic carbocycles. The molecule has 0 fully saturated rings. The van der Waals surface area contributed by atoms with E-state index in [0.717, 1.165) is 21.4 Å². The van der Waals surface area contributed by atoms with Crippen LogP contribution in [0.1, 0.15) is 0 Å². The monoisotopic (exact) mass is 504 g/mol. The van der Waals surface area contributed by atoms with Crippen molar-refractivity contribution in [3.63, 3.8) is 0 Å². The van der Waals surface area contributed by atoms with E-state index < -0.39 is 0 Å². The molecule has 7 rings (SSSR count). The predicted molar refractivity (Wildman–Crippen MR) is 145 cm³/mol. The first kappa shape index (κ1) is 19.0. The van der Waals surface area contributed by atoms with Crippen LogP contribution in [0.25, 0.3) is 58.9 Å². The van der Waals surface area contributed by atoms with Crippen LogP contribution in [0.3, 0.4) is 0 Å². The van der Waals surface area contributed by atoms with Gasteiger partial charge in [-0.15, -0.1) is 11.3 Å². The molecule has 0 aliphatic heterocycles. The molecule has 0 atom stereocenters. The van der Waals surface area contributed by atoms with Gasteiger partial charge in [0.05, 0.1) is 16.7 Å². The van der Waals surface area contributed by atoms with Crippen molar-refractivity contribution in [2.45, 2.75) is 0 Å². The first-order valence-corrected chi connectivity index (χ1v) is 12.4. The van der Waals surface area contributed by atoms with Crippen LogP contribution < -0.4 is 0 Å². The predicted octanol–water partition coefficient (Wildman–Crippen LogP) is 8.98. The number of nitrogens with zero attached hydrogens (tertiary/aromatic N) is 2. The van der Waals surface area contributed by atoms with Gasteiger partial charge in [-0.05, 0) is 54.6 Å². The maximum absolute atomic E-state index is 4.59. The number of hydrogen-bond donors (Lipinski definition) is 0. The van der Waals surface area contributed by atoms with E-state index in [2.05, 4.69) is 110 Å². The average molecular weight is 505 g/mol. The topological polar surface area (TPSA) is 17.8 Å². The summed E-state index contributed by atoms with van der Waals surface area (Å²) in [5.41, 5.74) is 5.65. The van der Waals surface area contributed by atoms with Crippen molar-refractivity contribution in [3.8, 4) is 16.9 Å². The van der Waals surface area contributed by atoms with E-state index in [1.165, 1.54) is 42.0 Å². The van der Waals surface area contributed by atoms with Gasteiger partial charge in [0.25, 0.3) is 0 Å². The van der Waals surface area contributed by atoms with Gasteiger partial charge in [-0.2, -0.15) is 0 Å². The van der Waals surface area contributed by atoms with Crippen LogP contribution in [0, 0.1) is 0 Å². The minimum Gasteiger partial charge on any atom is -0.309 e. The lowest BCUT2D eigenvalue weighted by molar-refractivity contribution is 1.18. The third-order valence-corrected chi connectivity index (χ3v) is 7.93. The Kier molecular flexibility index (Phi) is 4.20. The second kappa shape index (κ2) is 7.27. The Morgan fingerprint density at radius 1 is 0.667 bits per heavy atom. The fourth-order valence-corrected chi connectivity index (χ4v) is 6.41. The molecule has 7 aromatic rings. The number of aromatic nitrogens is 2. The summed E-state index contributed by atoms with van der Waals surface area (Å²) in [6.07, 6.45) is 1.85. The third-order valence-electron chi connectivity index (χ3n) is 6.30. The second-order valence-electron chi connectivity index (χ2n) is 8.19. The Balaban J connectivity index is 1.68. The molecule has 33 heavy (non-hydrogen) atoms. The van der Waals surface area contributed by atoms with Crippen LogP contribution in [0.5, 0.6) is 0 Å². The van der Waals surface area contributed by atoms with Gasteiger partial charge in [0.2, 0.25) is 0 Å². The number of hydrogen-bond acceptors (Lipinski definition) is 2. The molecule has 0 unspecified atom stereocenters. The van der Waals surface area contributed by atoms with Gasteiger partial charge in [0.15, 0.2) is 0 Å². The molecule has 156 valence electrons. The first-order valence-electron chi connectivity index (χ1n) is 10.8. The van der Waals surface area contributed by atoms with E-state index >= 15 is 0 Å². The van der Waals surface area contributed by atoms with Gasteiger partial charge >= 0.3 is 0 Å². The maximum Gasteiger partial charge on any atom is 0.0702 e. The summed E-state index contributed by atoms with van der Waals surface area (Å²) in [5.74, 6) is 0. The molecule has 0 bridgehead atoms. The summed E-state index contributed by atoms with van der Waals surface area (Å²) in [6, 6.07) is 34.6. The van der Waals surface area contributed by atoms with E-state index in [4.69, 9.17) is 0 Å². The molecule has 0 amide bonds. The van der Waals surface area contributed by atoms with E-state index in [9.17, 15) is 0 Å². The molecule has 3 aromatic heterocycles. The van der Waals surface area contributed by atoms with Gasteiger partial charge < -0.3 is 4.57 Å². The largest absolute Gasteiger partial charge is 0.309 e. The molecule has 4 aromatic carbocycles. The quantitative estimate of drug-likeness (QED) is 0.229. The highest BCUT2D eigenvalue weighted by atomic mass is 79.9. The SMILES string of the molecule is Brc1cccc(-n2c3cc(-c4ccccn4)ccc3c3c4c(ccc32)sc2ccccc24)c1. The van der Waals surface area contributed by atoms with Gasteiger partial charge in [0.1, 0.15) is 0 Å². The fraction of sp³-hybridized carbons (Fsp3) is 0. The van der Waals surface area contributed by atoms with Crippen LogP contribution in [0.2, 0.25) is 0 Å². The third kappa shape index (κ3) is 2.88. The molecule has 3 heterocycles. The Labute approximate surface area is 202 Å². The van der Waals surface area contributed by atoms with Gasteiger partial charge in [-0.25, -0.2) is 0 Å². The Morgan fingerprint density at radius 2 is 1.58 bits per heavy atom. The van der Waals surface area contributed by atoms with Crippen molar-refractivity contribution in [2.24, 2.45) is 0 Å². The van der Waals surface area contributed by atoms with Crippen LogP contribution >= 0.6 is 27.3 Å². The molecular weight excluding hydrogens is 488 g/mol. The van der Waals surface area contributed by atoms with Crippen molar-refractivity contribution >= 4 is 69.2 Å². The molecular formula is C29H17BrN2S. The smallest absolute Gasteiger partial charge is 0.0702 e. The van der Waals surface area contributed by atoms with Gasteiger partial charge in [-0.1, -0.05) is 58.4 Å². The van der Waals surface area contributed by atoms with Gasteiger partial charge in [-0.3, -0.25) is 4.98 Å². The summed E-state index contributed by atoms with van der Waals surface area (Å²) in [5, 5.41) is 5.24. The Morgan fingerprint density at radius 3 is 2.45 bits per heavy atom. The van der Waals surface area contributed by atoms with E-state index in [1.54, 1.807) is 0 Å². The van der Waals surface area contributed by atoms with Crippen molar-refractivity contribution in [1.82, 2.24) is 9.55 Å². The normalized spacial score (nSPS) is 11.8. The lowest BCUT2D eigenvalue weighted by Crippen LogP contribution is -1.94. The highest BCUT2D eigenvalue weighted by molar-refractivity contribution is 9.10. The lowest BCUT2D eigenvalue weighted by atomic mass is 10.0. The van der Waals surface area contributed by atoms with Crippen LogP contribution in [-0.2, 0) is 0 Å². The number of fused-ring (bicyclic) bond motifs is 7. The number of benzene rings is 4. The minimum absolute atomic E-state index is 0.983. The molecule has 0 saturated carbocycles.